The molecule has 3 unspecified atom stereocenters. The quantitative estimate of drug-likeness (QED) is 0.235. The fraction of sp³-hybridized carbons (Fsp3) is 0.882. The average molecular weight is 465 g/mol. The first-order valence-electron chi connectivity index (χ1n) is 15.7. The zero-order valence-electron chi connectivity index (χ0n) is 23.2. The molecule has 192 valence electrons. The van der Waals surface area contributed by atoms with Gasteiger partial charge in [0, 0.05) is 23.7 Å². The lowest BCUT2D eigenvalue weighted by Crippen LogP contribution is -2.23. The fourth-order valence-corrected chi connectivity index (χ4v) is 7.05. The van der Waals surface area contributed by atoms with E-state index in [2.05, 4.69) is 44.5 Å². The van der Waals surface area contributed by atoms with E-state index in [-0.39, 0.29) is 0 Å². The van der Waals surface area contributed by atoms with Crippen LogP contribution in [0.4, 0.5) is 0 Å². The Hall–Kier alpha value is -0.880. The SMILES string of the molecule is CCCCCC1CCC(C#CC2CCC(C#CC3CCC(CCCCC)CC3)C(CC)C2)CC1. The summed E-state index contributed by atoms with van der Waals surface area (Å²) in [6, 6.07) is 0. The maximum atomic E-state index is 3.81. The van der Waals surface area contributed by atoms with Gasteiger partial charge in [-0.05, 0) is 88.4 Å². The van der Waals surface area contributed by atoms with E-state index in [1.54, 1.807) is 0 Å². The Balaban J connectivity index is 1.38. The third-order valence-electron chi connectivity index (χ3n) is 9.60. The molecule has 3 atom stereocenters. The maximum absolute atomic E-state index is 3.81. The normalized spacial score (nSPS) is 33.9. The van der Waals surface area contributed by atoms with Crippen LogP contribution in [0.2, 0.25) is 0 Å². The van der Waals surface area contributed by atoms with Gasteiger partial charge in [0.2, 0.25) is 0 Å². The molecule has 0 heterocycles. The van der Waals surface area contributed by atoms with Gasteiger partial charge in [-0.2, -0.15) is 0 Å². The van der Waals surface area contributed by atoms with E-state index in [1.165, 1.54) is 128 Å². The third kappa shape index (κ3) is 9.64. The Morgan fingerprint density at radius 3 is 1.47 bits per heavy atom. The molecular formula is C34H56. The molecule has 0 aliphatic heterocycles. The molecule has 0 bridgehead atoms. The molecule has 34 heavy (non-hydrogen) atoms. The van der Waals surface area contributed by atoms with Gasteiger partial charge in [0.15, 0.2) is 0 Å². The Bertz CT molecular complexity index is 650. The summed E-state index contributed by atoms with van der Waals surface area (Å²) in [4.78, 5) is 0. The topological polar surface area (TPSA) is 0 Å². The van der Waals surface area contributed by atoms with Gasteiger partial charge in [-0.1, -0.05) is 102 Å². The molecule has 3 aliphatic rings. The summed E-state index contributed by atoms with van der Waals surface area (Å²) < 4.78 is 0. The molecule has 3 aliphatic carbocycles. The fourth-order valence-electron chi connectivity index (χ4n) is 7.05. The van der Waals surface area contributed by atoms with Gasteiger partial charge in [0.25, 0.3) is 0 Å². The zero-order chi connectivity index (χ0) is 24.0. The zero-order valence-corrected chi connectivity index (χ0v) is 23.2. The molecule has 0 radical (unpaired) electrons. The van der Waals surface area contributed by atoms with Crippen molar-refractivity contribution in [3.05, 3.63) is 0 Å². The highest BCUT2D eigenvalue weighted by molar-refractivity contribution is 5.14. The van der Waals surface area contributed by atoms with Crippen molar-refractivity contribution in [3.8, 4) is 23.7 Å². The van der Waals surface area contributed by atoms with E-state index in [1.807, 2.05) is 0 Å². The first-order valence-corrected chi connectivity index (χ1v) is 15.7. The minimum Gasteiger partial charge on any atom is -0.0996 e. The Morgan fingerprint density at radius 2 is 0.971 bits per heavy atom. The van der Waals surface area contributed by atoms with Crippen LogP contribution >= 0.6 is 0 Å². The summed E-state index contributed by atoms with van der Waals surface area (Å²) in [5.41, 5.74) is 0. The van der Waals surface area contributed by atoms with Crippen LogP contribution < -0.4 is 0 Å². The minimum atomic E-state index is 0.642. The average Bonchev–Trinajstić information content (AvgIpc) is 2.88. The van der Waals surface area contributed by atoms with Crippen LogP contribution in [0.3, 0.4) is 0 Å². The lowest BCUT2D eigenvalue weighted by atomic mass is 9.72. The second-order valence-corrected chi connectivity index (χ2v) is 12.3. The van der Waals surface area contributed by atoms with Crippen LogP contribution in [0.5, 0.6) is 0 Å². The summed E-state index contributed by atoms with van der Waals surface area (Å²) in [5, 5.41) is 0. The van der Waals surface area contributed by atoms with Crippen molar-refractivity contribution in [2.75, 3.05) is 0 Å². The van der Waals surface area contributed by atoms with Crippen molar-refractivity contribution < 1.29 is 0 Å². The molecule has 3 fully saturated rings. The van der Waals surface area contributed by atoms with E-state index in [9.17, 15) is 0 Å². The van der Waals surface area contributed by atoms with Crippen molar-refractivity contribution in [1.29, 1.82) is 0 Å². The van der Waals surface area contributed by atoms with E-state index < -0.39 is 0 Å². The van der Waals surface area contributed by atoms with Gasteiger partial charge in [-0.25, -0.2) is 0 Å². The predicted octanol–water partition coefficient (Wildman–Crippen LogP) is 10.2. The molecule has 3 rings (SSSR count). The number of rotatable bonds is 9. The highest BCUT2D eigenvalue weighted by Gasteiger charge is 2.28. The lowest BCUT2D eigenvalue weighted by molar-refractivity contribution is 0.247. The summed E-state index contributed by atoms with van der Waals surface area (Å²) in [7, 11) is 0. The molecule has 0 nitrogen and oxygen atoms in total. The molecule has 0 aromatic heterocycles. The maximum Gasteiger partial charge on any atom is 0.0232 e. The first kappa shape index (κ1) is 27.7. The molecule has 0 heteroatoms. The van der Waals surface area contributed by atoms with Gasteiger partial charge in [0.05, 0.1) is 0 Å². The Labute approximate surface area is 214 Å². The Morgan fingerprint density at radius 1 is 0.500 bits per heavy atom. The smallest absolute Gasteiger partial charge is 0.0232 e. The lowest BCUT2D eigenvalue weighted by Gasteiger charge is -2.31. The van der Waals surface area contributed by atoms with E-state index >= 15 is 0 Å². The number of hydrogen-bond acceptors (Lipinski definition) is 0. The summed E-state index contributed by atoms with van der Waals surface area (Å²) in [5.74, 6) is 20.6. The molecule has 0 amide bonds. The van der Waals surface area contributed by atoms with E-state index in [0.29, 0.717) is 23.7 Å². The molecule has 0 spiro atoms. The number of hydrogen-bond donors (Lipinski definition) is 0. The molecule has 3 saturated carbocycles. The van der Waals surface area contributed by atoms with Crippen molar-refractivity contribution in [2.24, 2.45) is 41.4 Å². The second-order valence-electron chi connectivity index (χ2n) is 12.3. The van der Waals surface area contributed by atoms with Crippen molar-refractivity contribution >= 4 is 0 Å². The van der Waals surface area contributed by atoms with Crippen LogP contribution in [-0.4, -0.2) is 0 Å². The van der Waals surface area contributed by atoms with Gasteiger partial charge < -0.3 is 0 Å². The Kier molecular flexibility index (Phi) is 13.0. The van der Waals surface area contributed by atoms with Crippen LogP contribution in [-0.2, 0) is 0 Å². The molecular weight excluding hydrogens is 408 g/mol. The van der Waals surface area contributed by atoms with Crippen molar-refractivity contribution in [2.45, 2.75) is 149 Å². The second kappa shape index (κ2) is 16.0. The van der Waals surface area contributed by atoms with E-state index in [4.69, 9.17) is 0 Å². The van der Waals surface area contributed by atoms with Gasteiger partial charge in [-0.3, -0.25) is 0 Å². The van der Waals surface area contributed by atoms with Crippen molar-refractivity contribution in [3.63, 3.8) is 0 Å². The van der Waals surface area contributed by atoms with Crippen LogP contribution in [0.15, 0.2) is 0 Å². The molecule has 0 aromatic carbocycles. The minimum absolute atomic E-state index is 0.642. The molecule has 0 saturated heterocycles. The van der Waals surface area contributed by atoms with Gasteiger partial charge in [-0.15, -0.1) is 0 Å². The van der Waals surface area contributed by atoms with Crippen LogP contribution in [0.1, 0.15) is 149 Å². The van der Waals surface area contributed by atoms with Crippen LogP contribution in [0, 0.1) is 65.1 Å². The summed E-state index contributed by atoms with van der Waals surface area (Å²) in [6.45, 7) is 7.02. The van der Waals surface area contributed by atoms with E-state index in [0.717, 1.165) is 17.8 Å². The largest absolute Gasteiger partial charge is 0.0996 e. The predicted molar refractivity (Wildman–Crippen MR) is 149 cm³/mol. The van der Waals surface area contributed by atoms with Crippen molar-refractivity contribution in [1.82, 2.24) is 0 Å². The summed E-state index contributed by atoms with van der Waals surface area (Å²) in [6.07, 6.45) is 27.7. The molecule has 0 aromatic rings. The summed E-state index contributed by atoms with van der Waals surface area (Å²) >= 11 is 0. The standard InChI is InChI=1S/C34H56/c1-4-7-9-11-28-13-17-30(18-14-28)21-22-32-24-26-34(33(6-3)27-32)25-23-31-19-15-29(16-20-31)12-10-8-5-2/h28-34H,4-20,24,26-27H2,1-3H3. The monoisotopic (exact) mass is 464 g/mol. The highest BCUT2D eigenvalue weighted by Crippen LogP contribution is 2.37. The van der Waals surface area contributed by atoms with Gasteiger partial charge >= 0.3 is 0 Å². The number of unbranched alkanes of at least 4 members (excludes halogenated alkanes) is 4. The van der Waals surface area contributed by atoms with Gasteiger partial charge in [0.1, 0.15) is 0 Å². The van der Waals surface area contributed by atoms with Crippen LogP contribution in [0.25, 0.3) is 0 Å². The highest BCUT2D eigenvalue weighted by atomic mass is 14.3. The first-order chi connectivity index (χ1) is 16.7. The third-order valence-corrected chi connectivity index (χ3v) is 9.60. The molecule has 0 N–H and O–H groups in total.